The lowest BCUT2D eigenvalue weighted by Gasteiger charge is -2.30. The molecule has 1 saturated heterocycles. The molecule has 0 radical (unpaired) electrons. The second-order valence-electron chi connectivity index (χ2n) is 8.41. The van der Waals surface area contributed by atoms with Crippen molar-refractivity contribution in [3.05, 3.63) is 45.9 Å². The molecule has 1 aliphatic rings. The van der Waals surface area contributed by atoms with Crippen molar-refractivity contribution in [3.8, 4) is 0 Å². The first kappa shape index (κ1) is 18.6. The first-order valence-electron chi connectivity index (χ1n) is 9.37. The van der Waals surface area contributed by atoms with Crippen molar-refractivity contribution in [1.29, 1.82) is 0 Å². The molecule has 2 N–H and O–H groups in total. The summed E-state index contributed by atoms with van der Waals surface area (Å²) >= 11 is 0. The Kier molecular flexibility index (Phi) is 5.41. The van der Waals surface area contributed by atoms with Gasteiger partial charge in [-0.15, -0.1) is 10.2 Å². The Morgan fingerprint density at radius 2 is 1.96 bits per heavy atom. The fourth-order valence-electron chi connectivity index (χ4n) is 3.40. The van der Waals surface area contributed by atoms with Gasteiger partial charge in [-0.25, -0.2) is 0 Å². The topological polar surface area (TPSA) is 73.9 Å². The fourth-order valence-corrected chi connectivity index (χ4v) is 3.40. The van der Waals surface area contributed by atoms with E-state index in [0.717, 1.165) is 18.2 Å². The maximum Gasteiger partial charge on any atom is 0.274 e. The van der Waals surface area contributed by atoms with Gasteiger partial charge in [0.15, 0.2) is 0 Å². The van der Waals surface area contributed by atoms with Crippen molar-refractivity contribution in [1.82, 2.24) is 20.1 Å². The summed E-state index contributed by atoms with van der Waals surface area (Å²) in [6.45, 7) is 11.5. The van der Waals surface area contributed by atoms with Crippen LogP contribution in [0.3, 0.4) is 0 Å². The average Bonchev–Trinajstić information content (AvgIpc) is 2.55. The largest absolute Gasteiger partial charge is 0.324 e. The highest BCUT2D eigenvalue weighted by Gasteiger charge is 2.20. The molecule has 0 saturated carbocycles. The zero-order chi connectivity index (χ0) is 18.7. The van der Waals surface area contributed by atoms with Crippen molar-refractivity contribution >= 4 is 11.6 Å². The molecule has 1 atom stereocenters. The van der Waals surface area contributed by atoms with Crippen LogP contribution in [0.15, 0.2) is 29.1 Å². The van der Waals surface area contributed by atoms with Gasteiger partial charge in [0.2, 0.25) is 5.95 Å². The second-order valence-corrected chi connectivity index (χ2v) is 8.41. The summed E-state index contributed by atoms with van der Waals surface area (Å²) in [5.41, 5.74) is 2.09. The van der Waals surface area contributed by atoms with Crippen LogP contribution in [0.5, 0.6) is 0 Å². The number of piperidine rings is 1. The van der Waals surface area contributed by atoms with E-state index >= 15 is 0 Å². The summed E-state index contributed by atoms with van der Waals surface area (Å²) in [5.74, 6) is 1.15. The van der Waals surface area contributed by atoms with E-state index in [1.54, 1.807) is 0 Å². The summed E-state index contributed by atoms with van der Waals surface area (Å²) in [5, 5.41) is 11.3. The van der Waals surface area contributed by atoms with Crippen LogP contribution >= 0.6 is 0 Å². The van der Waals surface area contributed by atoms with Gasteiger partial charge in [0.25, 0.3) is 5.56 Å². The molecule has 1 aromatic heterocycles. The standard InChI is InChI=1S/C20H29N5O/c1-14-6-5-11-25(12-14)13-15-7-9-16(10-8-15)21-19-22-18(26)17(23-24-19)20(2,3)4/h7-10,14H,5-6,11-13H2,1-4H3,(H2,21,22,24,26). The van der Waals surface area contributed by atoms with Gasteiger partial charge in [-0.1, -0.05) is 39.8 Å². The Labute approximate surface area is 155 Å². The van der Waals surface area contributed by atoms with E-state index in [2.05, 4.69) is 44.5 Å². The molecule has 6 heteroatoms. The van der Waals surface area contributed by atoms with Gasteiger partial charge in [-0.05, 0) is 43.0 Å². The zero-order valence-corrected chi connectivity index (χ0v) is 16.2. The molecule has 3 rings (SSSR count). The SMILES string of the molecule is CC1CCCN(Cc2ccc(Nc3nnc(C(C)(C)C)c(=O)[nH]3)cc2)C1. The molecule has 140 valence electrons. The molecule has 2 aromatic rings. The third-order valence-corrected chi connectivity index (χ3v) is 4.77. The van der Waals surface area contributed by atoms with Gasteiger partial charge in [-0.2, -0.15) is 0 Å². The Hall–Kier alpha value is -2.21. The summed E-state index contributed by atoms with van der Waals surface area (Å²) in [6, 6.07) is 8.27. The van der Waals surface area contributed by atoms with Gasteiger partial charge in [0.05, 0.1) is 0 Å². The minimum atomic E-state index is -0.327. The molecule has 0 bridgehead atoms. The number of rotatable bonds is 4. The Morgan fingerprint density at radius 1 is 1.23 bits per heavy atom. The normalized spacial score (nSPS) is 18.7. The second kappa shape index (κ2) is 7.58. The van der Waals surface area contributed by atoms with Crippen LogP contribution in [0.1, 0.15) is 51.8 Å². The van der Waals surface area contributed by atoms with Crippen molar-refractivity contribution in [2.24, 2.45) is 5.92 Å². The van der Waals surface area contributed by atoms with Crippen molar-refractivity contribution < 1.29 is 0 Å². The molecule has 0 amide bonds. The first-order chi connectivity index (χ1) is 12.3. The van der Waals surface area contributed by atoms with Crippen LogP contribution in [0, 0.1) is 5.92 Å². The number of likely N-dealkylation sites (tertiary alicyclic amines) is 1. The van der Waals surface area contributed by atoms with Crippen molar-refractivity contribution in [2.75, 3.05) is 18.4 Å². The average molecular weight is 355 g/mol. The molecule has 6 nitrogen and oxygen atoms in total. The highest BCUT2D eigenvalue weighted by molar-refractivity contribution is 5.53. The number of aromatic nitrogens is 3. The molecule has 0 aliphatic carbocycles. The maximum atomic E-state index is 12.2. The van der Waals surface area contributed by atoms with E-state index in [-0.39, 0.29) is 11.0 Å². The number of aromatic amines is 1. The molecule has 26 heavy (non-hydrogen) atoms. The van der Waals surface area contributed by atoms with Crippen molar-refractivity contribution in [2.45, 2.75) is 52.5 Å². The molecule has 0 spiro atoms. The predicted molar refractivity (Wildman–Crippen MR) is 105 cm³/mol. The predicted octanol–water partition coefficient (Wildman–Crippen LogP) is 3.44. The fraction of sp³-hybridized carbons (Fsp3) is 0.550. The van der Waals surface area contributed by atoms with E-state index in [1.807, 2.05) is 32.9 Å². The quantitative estimate of drug-likeness (QED) is 0.879. The lowest BCUT2D eigenvalue weighted by Crippen LogP contribution is -2.33. The summed E-state index contributed by atoms with van der Waals surface area (Å²) in [4.78, 5) is 17.5. The minimum Gasteiger partial charge on any atom is -0.324 e. The first-order valence-corrected chi connectivity index (χ1v) is 9.37. The van der Waals surface area contributed by atoms with Crippen LogP contribution in [-0.2, 0) is 12.0 Å². The third kappa shape index (κ3) is 4.69. The van der Waals surface area contributed by atoms with Crippen LogP contribution in [-0.4, -0.2) is 33.2 Å². The van der Waals surface area contributed by atoms with Crippen LogP contribution in [0.4, 0.5) is 11.6 Å². The number of hydrogen-bond acceptors (Lipinski definition) is 5. The highest BCUT2D eigenvalue weighted by Crippen LogP contribution is 2.20. The summed E-state index contributed by atoms with van der Waals surface area (Å²) < 4.78 is 0. The van der Waals surface area contributed by atoms with Crippen LogP contribution in [0.25, 0.3) is 0 Å². The van der Waals surface area contributed by atoms with Gasteiger partial charge >= 0.3 is 0 Å². The molecule has 1 aliphatic heterocycles. The van der Waals surface area contributed by atoms with E-state index in [9.17, 15) is 4.79 Å². The molecule has 1 unspecified atom stereocenters. The lowest BCUT2D eigenvalue weighted by molar-refractivity contribution is 0.176. The highest BCUT2D eigenvalue weighted by atomic mass is 16.1. The zero-order valence-electron chi connectivity index (χ0n) is 16.2. The number of H-pyrrole nitrogens is 1. The number of hydrogen-bond donors (Lipinski definition) is 2. The summed E-state index contributed by atoms with van der Waals surface area (Å²) in [6.07, 6.45) is 2.63. The Bertz CT molecular complexity index is 791. The minimum absolute atomic E-state index is 0.203. The van der Waals surface area contributed by atoms with Gasteiger partial charge in [-0.3, -0.25) is 14.7 Å². The molecular formula is C20H29N5O. The number of nitrogens with zero attached hydrogens (tertiary/aromatic N) is 3. The van der Waals surface area contributed by atoms with E-state index in [1.165, 1.54) is 31.5 Å². The number of benzene rings is 1. The van der Waals surface area contributed by atoms with Crippen LogP contribution in [0.2, 0.25) is 0 Å². The van der Waals surface area contributed by atoms with E-state index in [0.29, 0.717) is 11.6 Å². The molecular weight excluding hydrogens is 326 g/mol. The maximum absolute atomic E-state index is 12.2. The number of nitrogens with one attached hydrogen (secondary N) is 2. The number of anilines is 2. The molecule has 1 fully saturated rings. The van der Waals surface area contributed by atoms with Gasteiger partial charge < -0.3 is 5.32 Å². The van der Waals surface area contributed by atoms with Crippen molar-refractivity contribution in [3.63, 3.8) is 0 Å². The lowest BCUT2D eigenvalue weighted by atomic mass is 9.93. The van der Waals surface area contributed by atoms with E-state index < -0.39 is 0 Å². The molecule has 2 heterocycles. The smallest absolute Gasteiger partial charge is 0.274 e. The van der Waals surface area contributed by atoms with Crippen LogP contribution < -0.4 is 10.9 Å². The Morgan fingerprint density at radius 3 is 2.58 bits per heavy atom. The van der Waals surface area contributed by atoms with Gasteiger partial charge in [0, 0.05) is 24.2 Å². The molecule has 1 aromatic carbocycles. The monoisotopic (exact) mass is 355 g/mol. The Balaban J connectivity index is 1.64. The third-order valence-electron chi connectivity index (χ3n) is 4.77. The van der Waals surface area contributed by atoms with Gasteiger partial charge in [0.1, 0.15) is 5.69 Å². The van der Waals surface area contributed by atoms with E-state index in [4.69, 9.17) is 0 Å². The summed E-state index contributed by atoms with van der Waals surface area (Å²) in [7, 11) is 0.